The second kappa shape index (κ2) is 7.16. The van der Waals surface area contributed by atoms with Crippen LogP contribution in [-0.2, 0) is 16.9 Å². The quantitative estimate of drug-likeness (QED) is 0.655. The predicted octanol–water partition coefficient (Wildman–Crippen LogP) is 4.03. The van der Waals surface area contributed by atoms with Gasteiger partial charge < -0.3 is 14.8 Å². The van der Waals surface area contributed by atoms with Crippen LogP contribution < -0.4 is 14.8 Å². The molecular weight excluding hydrogens is 392 g/mol. The summed E-state index contributed by atoms with van der Waals surface area (Å²) in [5, 5.41) is 3.00. The van der Waals surface area contributed by atoms with Crippen molar-refractivity contribution in [1.82, 2.24) is 10.2 Å². The van der Waals surface area contributed by atoms with Gasteiger partial charge in [0.1, 0.15) is 0 Å². The van der Waals surface area contributed by atoms with Crippen molar-refractivity contribution < 1.29 is 19.1 Å². The van der Waals surface area contributed by atoms with Gasteiger partial charge in [-0.2, -0.15) is 0 Å². The number of hydrogen-bond acceptors (Lipinski definition) is 4. The molecule has 1 saturated heterocycles. The fraction of sp³-hybridized carbons (Fsp3) is 0.200. The van der Waals surface area contributed by atoms with Crippen molar-refractivity contribution in [1.29, 1.82) is 0 Å². The molecule has 0 aromatic heterocycles. The molecule has 1 N–H and O–H groups in total. The van der Waals surface area contributed by atoms with Gasteiger partial charge in [-0.15, -0.1) is 0 Å². The van der Waals surface area contributed by atoms with Gasteiger partial charge in [0.25, 0.3) is 5.91 Å². The van der Waals surface area contributed by atoms with E-state index in [1.54, 1.807) is 12.1 Å². The summed E-state index contributed by atoms with van der Waals surface area (Å²) >= 11 is 0. The van der Waals surface area contributed by atoms with Crippen molar-refractivity contribution in [3.63, 3.8) is 0 Å². The number of benzene rings is 3. The van der Waals surface area contributed by atoms with E-state index in [1.165, 1.54) is 4.90 Å². The molecule has 5 rings (SSSR count). The molecule has 31 heavy (non-hydrogen) atoms. The molecular formula is C25H22N2O4. The molecule has 3 amide bonds. The fourth-order valence-electron chi connectivity index (χ4n) is 4.16. The van der Waals surface area contributed by atoms with Crippen LogP contribution in [-0.4, -0.2) is 23.6 Å². The van der Waals surface area contributed by atoms with E-state index in [-0.39, 0.29) is 19.2 Å². The Hall–Kier alpha value is -3.80. The van der Waals surface area contributed by atoms with Crippen molar-refractivity contribution in [2.45, 2.75) is 25.9 Å². The maximum atomic E-state index is 13.9. The normalized spacial score (nSPS) is 19.6. The maximum Gasteiger partial charge on any atom is 0.325 e. The average molecular weight is 414 g/mol. The van der Waals surface area contributed by atoms with Crippen LogP contribution in [0.2, 0.25) is 0 Å². The zero-order valence-electron chi connectivity index (χ0n) is 17.3. The van der Waals surface area contributed by atoms with Gasteiger partial charge in [-0.25, -0.2) is 4.79 Å². The second-order valence-corrected chi connectivity index (χ2v) is 7.92. The van der Waals surface area contributed by atoms with E-state index in [4.69, 9.17) is 9.47 Å². The highest BCUT2D eigenvalue weighted by Crippen LogP contribution is 2.38. The van der Waals surface area contributed by atoms with Gasteiger partial charge in [0, 0.05) is 0 Å². The Kier molecular flexibility index (Phi) is 4.43. The summed E-state index contributed by atoms with van der Waals surface area (Å²) in [6.07, 6.45) is 0. The highest BCUT2D eigenvalue weighted by Gasteiger charge is 2.53. The molecule has 0 spiro atoms. The van der Waals surface area contributed by atoms with Gasteiger partial charge in [-0.05, 0) is 53.8 Å². The number of nitrogens with one attached hydrogen (secondary N) is 1. The topological polar surface area (TPSA) is 67.9 Å². The van der Waals surface area contributed by atoms with Gasteiger partial charge >= 0.3 is 6.03 Å². The summed E-state index contributed by atoms with van der Waals surface area (Å²) in [6.45, 7) is 4.34. The summed E-state index contributed by atoms with van der Waals surface area (Å²) in [5.74, 6) is 0.979. The number of amides is 3. The maximum absolute atomic E-state index is 13.9. The summed E-state index contributed by atoms with van der Waals surface area (Å²) in [5.41, 5.74) is 3.17. The van der Waals surface area contributed by atoms with E-state index in [2.05, 4.69) is 5.32 Å². The van der Waals surface area contributed by atoms with Crippen molar-refractivity contribution in [2.24, 2.45) is 0 Å². The minimum atomic E-state index is -1.27. The molecule has 1 atom stereocenters. The van der Waals surface area contributed by atoms with E-state index in [0.717, 1.165) is 27.8 Å². The van der Waals surface area contributed by atoms with Crippen LogP contribution in [0.25, 0.3) is 0 Å². The summed E-state index contributed by atoms with van der Waals surface area (Å²) < 4.78 is 10.8. The number of fused-ring (bicyclic) bond motifs is 1. The number of imide groups is 1. The van der Waals surface area contributed by atoms with Crippen LogP contribution in [0.15, 0.2) is 66.7 Å². The second-order valence-electron chi connectivity index (χ2n) is 7.92. The average Bonchev–Trinajstić information content (AvgIpc) is 3.34. The van der Waals surface area contributed by atoms with E-state index >= 15 is 0 Å². The van der Waals surface area contributed by atoms with E-state index in [0.29, 0.717) is 11.5 Å². The number of nitrogens with zero attached hydrogens (tertiary/aromatic N) is 1. The molecule has 156 valence electrons. The fourth-order valence-corrected chi connectivity index (χ4v) is 4.16. The Morgan fingerprint density at radius 3 is 2.42 bits per heavy atom. The third-order valence-electron chi connectivity index (χ3n) is 6.03. The van der Waals surface area contributed by atoms with Crippen molar-refractivity contribution in [3.8, 4) is 11.5 Å². The van der Waals surface area contributed by atoms with Gasteiger partial charge in [0.2, 0.25) is 6.79 Å². The molecule has 0 radical (unpaired) electrons. The lowest BCUT2D eigenvalue weighted by Crippen LogP contribution is -2.45. The lowest BCUT2D eigenvalue weighted by molar-refractivity contribution is -0.130. The zero-order valence-corrected chi connectivity index (χ0v) is 17.3. The zero-order chi connectivity index (χ0) is 21.6. The van der Waals surface area contributed by atoms with E-state index in [1.807, 2.05) is 68.4 Å². The minimum Gasteiger partial charge on any atom is -0.454 e. The first-order chi connectivity index (χ1) is 15.0. The van der Waals surface area contributed by atoms with Crippen LogP contribution >= 0.6 is 0 Å². The first-order valence-corrected chi connectivity index (χ1v) is 10.1. The molecule has 2 aliphatic rings. The van der Waals surface area contributed by atoms with E-state index in [9.17, 15) is 9.59 Å². The molecule has 6 nitrogen and oxygen atoms in total. The first-order valence-electron chi connectivity index (χ1n) is 10.1. The number of aryl methyl sites for hydroxylation is 2. The first kappa shape index (κ1) is 19.2. The van der Waals surface area contributed by atoms with Crippen molar-refractivity contribution in [2.75, 3.05) is 6.79 Å². The van der Waals surface area contributed by atoms with Gasteiger partial charge in [0.15, 0.2) is 17.0 Å². The third kappa shape index (κ3) is 3.03. The number of carbonyl (C=O) groups is 2. The largest absolute Gasteiger partial charge is 0.454 e. The number of rotatable bonds is 4. The Morgan fingerprint density at radius 1 is 0.871 bits per heavy atom. The summed E-state index contributed by atoms with van der Waals surface area (Å²) in [7, 11) is 0. The molecule has 0 unspecified atom stereocenters. The third-order valence-corrected chi connectivity index (χ3v) is 6.03. The lowest BCUT2D eigenvalue weighted by Gasteiger charge is -2.28. The van der Waals surface area contributed by atoms with Gasteiger partial charge in [0.05, 0.1) is 6.54 Å². The van der Waals surface area contributed by atoms with Crippen LogP contribution in [0.1, 0.15) is 27.8 Å². The van der Waals surface area contributed by atoms with E-state index < -0.39 is 11.6 Å². The van der Waals surface area contributed by atoms with Crippen LogP contribution in [0.3, 0.4) is 0 Å². The number of hydrogen-bond donors (Lipinski definition) is 1. The molecule has 3 aromatic rings. The molecule has 0 bridgehead atoms. The Labute approximate surface area is 180 Å². The molecule has 1 fully saturated rings. The molecule has 0 saturated carbocycles. The number of urea groups is 1. The molecule has 6 heteroatoms. The molecule has 3 aromatic carbocycles. The summed E-state index contributed by atoms with van der Waals surface area (Å²) in [4.78, 5) is 28.2. The minimum absolute atomic E-state index is 0.140. The summed E-state index contributed by atoms with van der Waals surface area (Å²) in [6, 6.07) is 20.3. The molecule has 2 heterocycles. The van der Waals surface area contributed by atoms with Crippen LogP contribution in [0, 0.1) is 13.8 Å². The molecule has 0 aliphatic carbocycles. The highest BCUT2D eigenvalue weighted by atomic mass is 16.7. The highest BCUT2D eigenvalue weighted by molar-refractivity contribution is 6.09. The number of ether oxygens (including phenoxy) is 2. The van der Waals surface area contributed by atoms with Crippen LogP contribution in [0.4, 0.5) is 4.79 Å². The van der Waals surface area contributed by atoms with Crippen molar-refractivity contribution >= 4 is 11.9 Å². The Morgan fingerprint density at radius 2 is 1.65 bits per heavy atom. The smallest absolute Gasteiger partial charge is 0.325 e. The standard InChI is InChI=1S/C25H22N2O4/c1-16-8-10-20(12-17(16)2)25(19-6-4-3-5-7-19)23(28)27(24(29)26-25)14-18-9-11-21-22(13-18)31-15-30-21/h3-13H,14-15H2,1-2H3,(H,26,29)/t25-/m0/s1. The Balaban J connectivity index is 1.57. The predicted molar refractivity (Wildman–Crippen MR) is 115 cm³/mol. The van der Waals surface area contributed by atoms with Crippen LogP contribution in [0.5, 0.6) is 11.5 Å². The SMILES string of the molecule is Cc1ccc([C@]2(c3ccccc3)NC(=O)N(Cc3ccc4c(c3)OCO4)C2=O)cc1C. The Bertz CT molecular complexity index is 1190. The molecule has 2 aliphatic heterocycles. The van der Waals surface area contributed by atoms with Gasteiger partial charge in [-0.1, -0.05) is 54.6 Å². The monoisotopic (exact) mass is 414 g/mol. The van der Waals surface area contributed by atoms with Crippen molar-refractivity contribution in [3.05, 3.63) is 94.5 Å². The van der Waals surface area contributed by atoms with Gasteiger partial charge in [-0.3, -0.25) is 9.69 Å². The lowest BCUT2D eigenvalue weighted by atomic mass is 9.81. The number of carbonyl (C=O) groups excluding carboxylic acids is 2.